The molecule has 0 spiro atoms. The van der Waals surface area contributed by atoms with Crippen molar-refractivity contribution in [1.29, 1.82) is 0 Å². The van der Waals surface area contributed by atoms with E-state index in [4.69, 9.17) is 0 Å². The highest BCUT2D eigenvalue weighted by Gasteiger charge is 2.23. The van der Waals surface area contributed by atoms with Crippen LogP contribution < -0.4 is 5.32 Å². The second-order valence-corrected chi connectivity index (χ2v) is 6.12. The fraction of sp³-hybridized carbons (Fsp3) is 0.625. The monoisotopic (exact) mass is 291 g/mol. The molecule has 116 valence electrons. The Bertz CT molecular complexity index is 504. The standard InChI is InChI=1S/C16H25N3O2/c1-4-17-15-6-5-14(9-16(15)19(20)21)11-18-8-7-12(2)13(3)10-18/h5-6,9,12-13,17H,4,7-8,10-11H2,1-3H3. The van der Waals surface area contributed by atoms with Crippen molar-refractivity contribution in [3.63, 3.8) is 0 Å². The molecule has 1 saturated heterocycles. The third-order valence-corrected chi connectivity index (χ3v) is 4.45. The van der Waals surface area contributed by atoms with Crippen molar-refractivity contribution in [3.05, 3.63) is 33.9 Å². The van der Waals surface area contributed by atoms with E-state index in [1.165, 1.54) is 6.42 Å². The number of hydrogen-bond donors (Lipinski definition) is 1. The molecule has 0 aliphatic carbocycles. The van der Waals surface area contributed by atoms with E-state index < -0.39 is 0 Å². The molecule has 5 nitrogen and oxygen atoms in total. The first-order valence-corrected chi connectivity index (χ1v) is 7.74. The summed E-state index contributed by atoms with van der Waals surface area (Å²) in [4.78, 5) is 13.3. The van der Waals surface area contributed by atoms with E-state index >= 15 is 0 Å². The van der Waals surface area contributed by atoms with Gasteiger partial charge in [0.2, 0.25) is 0 Å². The molecule has 1 aromatic carbocycles. The zero-order valence-corrected chi connectivity index (χ0v) is 13.1. The maximum atomic E-state index is 11.2. The van der Waals surface area contributed by atoms with E-state index in [-0.39, 0.29) is 10.6 Å². The van der Waals surface area contributed by atoms with Crippen molar-refractivity contribution in [3.8, 4) is 0 Å². The predicted octanol–water partition coefficient (Wildman–Crippen LogP) is 3.50. The molecule has 1 aromatic rings. The van der Waals surface area contributed by atoms with Gasteiger partial charge in [0.25, 0.3) is 5.69 Å². The lowest BCUT2D eigenvalue weighted by molar-refractivity contribution is -0.384. The molecular weight excluding hydrogens is 266 g/mol. The lowest BCUT2D eigenvalue weighted by Gasteiger charge is -2.35. The third-order valence-electron chi connectivity index (χ3n) is 4.45. The van der Waals surface area contributed by atoms with Gasteiger partial charge in [0, 0.05) is 25.7 Å². The summed E-state index contributed by atoms with van der Waals surface area (Å²) in [6, 6.07) is 5.53. The second-order valence-electron chi connectivity index (χ2n) is 6.12. The number of hydrogen-bond acceptors (Lipinski definition) is 4. The Morgan fingerprint density at radius 2 is 2.14 bits per heavy atom. The van der Waals surface area contributed by atoms with E-state index in [2.05, 4.69) is 24.1 Å². The van der Waals surface area contributed by atoms with Crippen molar-refractivity contribution < 1.29 is 4.92 Å². The van der Waals surface area contributed by atoms with Gasteiger partial charge in [0.1, 0.15) is 5.69 Å². The topological polar surface area (TPSA) is 58.4 Å². The molecule has 1 aliphatic heterocycles. The van der Waals surface area contributed by atoms with Crippen molar-refractivity contribution in [1.82, 2.24) is 4.90 Å². The zero-order valence-electron chi connectivity index (χ0n) is 13.1. The Labute approximate surface area is 126 Å². The molecule has 1 fully saturated rings. The minimum absolute atomic E-state index is 0.174. The molecule has 1 aliphatic rings. The highest BCUT2D eigenvalue weighted by molar-refractivity contribution is 5.62. The number of nitro benzene ring substituents is 1. The number of benzene rings is 1. The maximum Gasteiger partial charge on any atom is 0.292 e. The molecule has 0 radical (unpaired) electrons. The van der Waals surface area contributed by atoms with Gasteiger partial charge in [-0.15, -0.1) is 0 Å². The summed E-state index contributed by atoms with van der Waals surface area (Å²) in [6.07, 6.45) is 1.21. The van der Waals surface area contributed by atoms with E-state index in [0.29, 0.717) is 18.2 Å². The number of anilines is 1. The molecule has 0 aromatic heterocycles. The highest BCUT2D eigenvalue weighted by atomic mass is 16.6. The molecule has 2 atom stereocenters. The van der Waals surface area contributed by atoms with Crippen LogP contribution in [0.15, 0.2) is 18.2 Å². The molecule has 0 bridgehead atoms. The highest BCUT2D eigenvalue weighted by Crippen LogP contribution is 2.28. The quantitative estimate of drug-likeness (QED) is 0.666. The summed E-state index contributed by atoms with van der Waals surface area (Å²) in [5.74, 6) is 1.46. The molecular formula is C16H25N3O2. The summed E-state index contributed by atoms with van der Waals surface area (Å²) in [5.41, 5.74) is 1.80. The van der Waals surface area contributed by atoms with Crippen LogP contribution in [0.2, 0.25) is 0 Å². The number of piperidine rings is 1. The van der Waals surface area contributed by atoms with Crippen LogP contribution in [0.3, 0.4) is 0 Å². The fourth-order valence-corrected chi connectivity index (χ4v) is 2.92. The molecule has 21 heavy (non-hydrogen) atoms. The number of nitrogens with zero attached hydrogens (tertiary/aromatic N) is 2. The molecule has 2 rings (SSSR count). The number of nitrogens with one attached hydrogen (secondary N) is 1. The summed E-state index contributed by atoms with van der Waals surface area (Å²) < 4.78 is 0. The van der Waals surface area contributed by atoms with Crippen molar-refractivity contribution in [2.24, 2.45) is 11.8 Å². The van der Waals surface area contributed by atoms with E-state index in [1.54, 1.807) is 6.07 Å². The van der Waals surface area contributed by atoms with E-state index in [1.807, 2.05) is 19.1 Å². The fourth-order valence-electron chi connectivity index (χ4n) is 2.92. The predicted molar refractivity (Wildman–Crippen MR) is 85.5 cm³/mol. The first-order valence-electron chi connectivity index (χ1n) is 7.74. The Morgan fingerprint density at radius 3 is 2.76 bits per heavy atom. The minimum atomic E-state index is -0.303. The van der Waals surface area contributed by atoms with Gasteiger partial charge in [-0.2, -0.15) is 0 Å². The smallest absolute Gasteiger partial charge is 0.292 e. The zero-order chi connectivity index (χ0) is 15.4. The normalized spacial score (nSPS) is 23.0. The van der Waals surface area contributed by atoms with Crippen LogP contribution in [0.1, 0.15) is 32.8 Å². The van der Waals surface area contributed by atoms with Gasteiger partial charge in [-0.3, -0.25) is 15.0 Å². The van der Waals surface area contributed by atoms with E-state index in [9.17, 15) is 10.1 Å². The molecule has 0 amide bonds. The van der Waals surface area contributed by atoms with Gasteiger partial charge in [0.15, 0.2) is 0 Å². The van der Waals surface area contributed by atoms with Crippen LogP contribution in [0, 0.1) is 22.0 Å². The largest absolute Gasteiger partial charge is 0.380 e. The SMILES string of the molecule is CCNc1ccc(CN2CCC(C)C(C)C2)cc1[N+](=O)[O-]. The first kappa shape index (κ1) is 15.8. The van der Waals surface area contributed by atoms with Gasteiger partial charge in [0.05, 0.1) is 4.92 Å². The molecule has 0 saturated carbocycles. The van der Waals surface area contributed by atoms with Crippen molar-refractivity contribution in [2.45, 2.75) is 33.7 Å². The molecule has 5 heteroatoms. The van der Waals surface area contributed by atoms with Gasteiger partial charge in [-0.1, -0.05) is 19.9 Å². The van der Waals surface area contributed by atoms with Gasteiger partial charge < -0.3 is 5.32 Å². The van der Waals surface area contributed by atoms with Crippen molar-refractivity contribution >= 4 is 11.4 Å². The molecule has 2 unspecified atom stereocenters. The lowest BCUT2D eigenvalue weighted by atomic mass is 9.88. The average molecular weight is 291 g/mol. The Kier molecular flexibility index (Phi) is 5.17. The van der Waals surface area contributed by atoms with Crippen molar-refractivity contribution in [2.75, 3.05) is 25.0 Å². The summed E-state index contributed by atoms with van der Waals surface area (Å²) in [5, 5.41) is 14.2. The van der Waals surface area contributed by atoms with E-state index in [0.717, 1.165) is 31.1 Å². The average Bonchev–Trinajstić information content (AvgIpc) is 2.44. The lowest BCUT2D eigenvalue weighted by Crippen LogP contribution is -2.37. The Morgan fingerprint density at radius 1 is 1.38 bits per heavy atom. The first-order chi connectivity index (χ1) is 10.0. The van der Waals surface area contributed by atoms with Crippen LogP contribution in [0.25, 0.3) is 0 Å². The summed E-state index contributed by atoms with van der Waals surface area (Å²) >= 11 is 0. The van der Waals surface area contributed by atoms with Gasteiger partial charge in [-0.25, -0.2) is 0 Å². The summed E-state index contributed by atoms with van der Waals surface area (Å²) in [6.45, 7) is 10.2. The Balaban J connectivity index is 2.10. The maximum absolute atomic E-state index is 11.2. The molecule has 1 N–H and O–H groups in total. The van der Waals surface area contributed by atoms with Crippen LogP contribution >= 0.6 is 0 Å². The summed E-state index contributed by atoms with van der Waals surface area (Å²) in [7, 11) is 0. The number of likely N-dealkylation sites (tertiary alicyclic amines) is 1. The Hall–Kier alpha value is -1.62. The minimum Gasteiger partial charge on any atom is -0.380 e. The number of nitro groups is 1. The third kappa shape index (κ3) is 3.94. The van der Waals surface area contributed by atoms with Crippen LogP contribution in [0.4, 0.5) is 11.4 Å². The second kappa shape index (κ2) is 6.89. The van der Waals surface area contributed by atoms with Gasteiger partial charge >= 0.3 is 0 Å². The van der Waals surface area contributed by atoms with Crippen LogP contribution in [0.5, 0.6) is 0 Å². The number of rotatable bonds is 5. The molecule has 1 heterocycles. The van der Waals surface area contributed by atoms with Crippen LogP contribution in [-0.2, 0) is 6.54 Å². The van der Waals surface area contributed by atoms with Gasteiger partial charge in [-0.05, 0) is 43.4 Å². The van der Waals surface area contributed by atoms with Crippen LogP contribution in [-0.4, -0.2) is 29.5 Å².